The minimum Gasteiger partial charge on any atom is -0.366 e. The van der Waals surface area contributed by atoms with Crippen molar-refractivity contribution in [3.05, 3.63) is 103 Å². The molecule has 0 aliphatic rings. The number of fused-ring (bicyclic) bond motifs is 1. The topological polar surface area (TPSA) is 55.1 Å². The molecule has 0 spiro atoms. The highest BCUT2D eigenvalue weighted by Gasteiger charge is 2.18. The SMILES string of the molecule is C=CC.CCCC(CC/C=C/c1ccccc1)c1cc(NCc2cccnc2)n2ncc(SF)c2n1. The third-order valence-electron chi connectivity index (χ3n) is 5.59. The van der Waals surface area contributed by atoms with Crippen molar-refractivity contribution in [3.63, 3.8) is 0 Å². The predicted octanol–water partition coefficient (Wildman–Crippen LogP) is 8.28. The highest BCUT2D eigenvalue weighted by molar-refractivity contribution is 7.94. The summed E-state index contributed by atoms with van der Waals surface area (Å²) in [6.07, 6.45) is 15.3. The molecule has 0 amide bonds. The van der Waals surface area contributed by atoms with Crippen LogP contribution in [0.4, 0.5) is 9.70 Å². The fraction of sp³-hybridized carbons (Fsp3) is 0.276. The van der Waals surface area contributed by atoms with Gasteiger partial charge < -0.3 is 5.32 Å². The first kappa shape index (κ1) is 27.1. The maximum absolute atomic E-state index is 13.5. The molecule has 0 aliphatic carbocycles. The molecule has 0 saturated heterocycles. The molecule has 0 aliphatic heterocycles. The Kier molecular flexibility index (Phi) is 11.2. The second-order valence-electron chi connectivity index (χ2n) is 8.39. The molecule has 0 bridgehead atoms. The first-order valence-electron chi connectivity index (χ1n) is 12.3. The number of allylic oxidation sites excluding steroid dienone is 2. The van der Waals surface area contributed by atoms with E-state index in [9.17, 15) is 3.89 Å². The molecule has 36 heavy (non-hydrogen) atoms. The minimum absolute atomic E-state index is 0.186. The summed E-state index contributed by atoms with van der Waals surface area (Å²) in [5.74, 6) is 1.09. The van der Waals surface area contributed by atoms with Crippen LogP contribution in [0.15, 0.2) is 90.7 Å². The van der Waals surface area contributed by atoms with Crippen LogP contribution in [0.25, 0.3) is 11.7 Å². The van der Waals surface area contributed by atoms with Gasteiger partial charge in [0.1, 0.15) is 10.7 Å². The number of anilines is 1. The molecule has 3 heterocycles. The lowest BCUT2D eigenvalue weighted by Crippen LogP contribution is -2.10. The number of nitrogens with zero attached hydrogens (tertiary/aromatic N) is 4. The van der Waals surface area contributed by atoms with Crippen molar-refractivity contribution in [1.29, 1.82) is 0 Å². The molecular weight excluding hydrogens is 469 g/mol. The number of aromatic nitrogens is 4. The molecule has 3 aromatic heterocycles. The molecular formula is C29H34FN5S. The first-order valence-corrected chi connectivity index (χ1v) is 13.0. The zero-order valence-corrected chi connectivity index (χ0v) is 21.8. The molecule has 0 fully saturated rings. The summed E-state index contributed by atoms with van der Waals surface area (Å²) in [6.45, 7) is 8.04. The van der Waals surface area contributed by atoms with E-state index in [1.165, 1.54) is 11.8 Å². The molecule has 1 atom stereocenters. The second kappa shape index (κ2) is 14.8. The van der Waals surface area contributed by atoms with Gasteiger partial charge >= 0.3 is 0 Å². The van der Waals surface area contributed by atoms with Gasteiger partial charge in [-0.25, -0.2) is 4.98 Å². The van der Waals surface area contributed by atoms with Gasteiger partial charge in [0.25, 0.3) is 0 Å². The van der Waals surface area contributed by atoms with Crippen LogP contribution in [0.2, 0.25) is 0 Å². The van der Waals surface area contributed by atoms with Crippen LogP contribution < -0.4 is 5.32 Å². The van der Waals surface area contributed by atoms with E-state index in [1.54, 1.807) is 16.8 Å². The largest absolute Gasteiger partial charge is 0.366 e. The van der Waals surface area contributed by atoms with Gasteiger partial charge in [-0.3, -0.25) is 4.98 Å². The van der Waals surface area contributed by atoms with E-state index in [-0.39, 0.29) is 18.1 Å². The van der Waals surface area contributed by atoms with E-state index in [1.807, 2.05) is 43.5 Å². The highest BCUT2D eigenvalue weighted by Crippen LogP contribution is 2.31. The Bertz CT molecular complexity index is 1220. The maximum Gasteiger partial charge on any atom is 0.173 e. The fourth-order valence-corrected chi connectivity index (χ4v) is 4.20. The Morgan fingerprint density at radius 2 is 1.94 bits per heavy atom. The highest BCUT2D eigenvalue weighted by atomic mass is 32.2. The Balaban J connectivity index is 0.00000115. The summed E-state index contributed by atoms with van der Waals surface area (Å²) in [7, 11) is 0. The van der Waals surface area contributed by atoms with Gasteiger partial charge in [0, 0.05) is 36.6 Å². The van der Waals surface area contributed by atoms with Gasteiger partial charge in [-0.15, -0.1) is 6.58 Å². The summed E-state index contributed by atoms with van der Waals surface area (Å²) >= 11 is 0.186. The standard InChI is InChI=1S/C26H28FN5S.C3H6/c1-2-9-22(14-7-6-12-20-10-4-3-5-11-20)23-16-25(29-18-21-13-8-15-28-17-21)32-26(31-23)24(33-27)19-30-32;1-3-2/h3-6,8,10-13,15-17,19,22,29H,2,7,9,14,18H2,1H3;3H,1H2,2H3/b12-6+;. The number of rotatable bonds is 11. The van der Waals surface area contributed by atoms with Gasteiger partial charge in [0.05, 0.1) is 18.3 Å². The lowest BCUT2D eigenvalue weighted by Gasteiger charge is -2.17. The van der Waals surface area contributed by atoms with Crippen LogP contribution in [0, 0.1) is 0 Å². The third-order valence-corrected chi connectivity index (χ3v) is 6.04. The van der Waals surface area contributed by atoms with E-state index < -0.39 is 0 Å². The van der Waals surface area contributed by atoms with Crippen LogP contribution in [-0.4, -0.2) is 19.6 Å². The minimum atomic E-state index is 0.186. The number of pyridine rings is 1. The van der Waals surface area contributed by atoms with Crippen LogP contribution in [0.3, 0.4) is 0 Å². The zero-order valence-electron chi connectivity index (χ0n) is 21.0. The van der Waals surface area contributed by atoms with E-state index in [4.69, 9.17) is 4.98 Å². The summed E-state index contributed by atoms with van der Waals surface area (Å²) in [5, 5.41) is 7.80. The normalized spacial score (nSPS) is 11.8. The molecule has 0 saturated carbocycles. The van der Waals surface area contributed by atoms with Crippen molar-refractivity contribution in [2.24, 2.45) is 0 Å². The Hall–Kier alpha value is -3.45. The zero-order chi connectivity index (χ0) is 25.6. The summed E-state index contributed by atoms with van der Waals surface area (Å²) in [5.41, 5.74) is 3.79. The van der Waals surface area contributed by atoms with Gasteiger partial charge in [-0.1, -0.05) is 68.0 Å². The molecule has 188 valence electrons. The van der Waals surface area contributed by atoms with Crippen molar-refractivity contribution in [3.8, 4) is 0 Å². The maximum atomic E-state index is 13.5. The predicted molar refractivity (Wildman–Crippen MR) is 150 cm³/mol. The van der Waals surface area contributed by atoms with Gasteiger partial charge in [0.15, 0.2) is 5.65 Å². The van der Waals surface area contributed by atoms with E-state index in [2.05, 4.69) is 59.3 Å². The van der Waals surface area contributed by atoms with Crippen LogP contribution in [-0.2, 0) is 6.54 Å². The van der Waals surface area contributed by atoms with Gasteiger partial charge in [0.2, 0.25) is 0 Å². The Morgan fingerprint density at radius 3 is 2.64 bits per heavy atom. The van der Waals surface area contributed by atoms with Crippen molar-refractivity contribution in [1.82, 2.24) is 19.6 Å². The van der Waals surface area contributed by atoms with Gasteiger partial charge in [-0.2, -0.15) is 13.5 Å². The monoisotopic (exact) mass is 503 g/mol. The van der Waals surface area contributed by atoms with Gasteiger partial charge in [-0.05, 0) is 43.4 Å². The molecule has 4 rings (SSSR count). The van der Waals surface area contributed by atoms with Crippen molar-refractivity contribution in [2.75, 3.05) is 5.32 Å². The third kappa shape index (κ3) is 7.78. The van der Waals surface area contributed by atoms with E-state index in [0.29, 0.717) is 17.1 Å². The van der Waals surface area contributed by atoms with Crippen molar-refractivity contribution in [2.45, 2.75) is 56.9 Å². The van der Waals surface area contributed by atoms with Crippen molar-refractivity contribution >= 4 is 29.7 Å². The number of halogens is 1. The summed E-state index contributed by atoms with van der Waals surface area (Å²) in [4.78, 5) is 9.45. The molecule has 0 radical (unpaired) electrons. The first-order chi connectivity index (χ1) is 17.7. The van der Waals surface area contributed by atoms with E-state index in [0.717, 1.165) is 42.8 Å². The number of hydrogen-bond acceptors (Lipinski definition) is 5. The molecule has 1 N–H and O–H groups in total. The smallest absolute Gasteiger partial charge is 0.173 e. The summed E-state index contributed by atoms with van der Waals surface area (Å²) in [6, 6.07) is 16.3. The van der Waals surface area contributed by atoms with Crippen LogP contribution in [0.5, 0.6) is 0 Å². The van der Waals surface area contributed by atoms with E-state index >= 15 is 0 Å². The quantitative estimate of drug-likeness (QED) is 0.209. The average Bonchev–Trinajstić information content (AvgIpc) is 3.34. The fourth-order valence-electron chi connectivity index (χ4n) is 3.92. The molecule has 1 unspecified atom stereocenters. The average molecular weight is 504 g/mol. The number of nitrogens with one attached hydrogen (secondary N) is 1. The Morgan fingerprint density at radius 1 is 1.14 bits per heavy atom. The lowest BCUT2D eigenvalue weighted by molar-refractivity contribution is 0.560. The molecule has 1 aromatic carbocycles. The molecule has 7 heteroatoms. The van der Waals surface area contributed by atoms with Crippen molar-refractivity contribution < 1.29 is 3.89 Å². The second-order valence-corrected chi connectivity index (χ2v) is 8.98. The van der Waals surface area contributed by atoms with Crippen LogP contribution >= 0.6 is 12.1 Å². The Labute approximate surface area is 217 Å². The number of benzene rings is 1. The summed E-state index contributed by atoms with van der Waals surface area (Å²) < 4.78 is 15.2. The van der Waals surface area contributed by atoms with Crippen LogP contribution in [0.1, 0.15) is 62.3 Å². The molecule has 5 nitrogen and oxygen atoms in total. The molecule has 4 aromatic rings. The lowest BCUT2D eigenvalue weighted by atomic mass is 9.93. The number of hydrogen-bond donors (Lipinski definition) is 1.